The van der Waals surface area contributed by atoms with Crippen LogP contribution < -0.4 is 4.90 Å². The van der Waals surface area contributed by atoms with Gasteiger partial charge >= 0.3 is 11.9 Å². The minimum atomic E-state index is -0.878. The van der Waals surface area contributed by atoms with Crippen molar-refractivity contribution in [3.05, 3.63) is 22.9 Å². The minimum absolute atomic E-state index is 0.0163. The molecule has 0 atom stereocenters. The summed E-state index contributed by atoms with van der Waals surface area (Å²) in [5.74, 6) is -1.79. The standard InChI is InChI=1S/C16H18FN3O4/c1-2-24-16(23)12-7-11(8-17)19-14(13(12)9-18)20-5-3-10(4-6-20)15(21)22/h7,10H,2-6,8H2,1H3,(H,21,22). The van der Waals surface area contributed by atoms with E-state index < -0.39 is 24.5 Å². The first-order valence-corrected chi connectivity index (χ1v) is 7.66. The highest BCUT2D eigenvalue weighted by atomic mass is 19.1. The molecule has 1 fully saturated rings. The molecule has 0 unspecified atom stereocenters. The van der Waals surface area contributed by atoms with Crippen LogP contribution in [-0.2, 0) is 16.2 Å². The molecule has 7 nitrogen and oxygen atoms in total. The number of piperidine rings is 1. The van der Waals surface area contributed by atoms with Crippen LogP contribution in [0, 0.1) is 17.2 Å². The Balaban J connectivity index is 2.39. The number of hydrogen-bond acceptors (Lipinski definition) is 6. The Labute approximate surface area is 138 Å². The Bertz CT molecular complexity index is 679. The van der Waals surface area contributed by atoms with Gasteiger partial charge in [0.2, 0.25) is 0 Å². The molecular formula is C16H18FN3O4. The van der Waals surface area contributed by atoms with Gasteiger partial charge in [0, 0.05) is 13.1 Å². The van der Waals surface area contributed by atoms with Crippen molar-refractivity contribution in [2.75, 3.05) is 24.6 Å². The van der Waals surface area contributed by atoms with E-state index in [2.05, 4.69) is 4.98 Å². The molecule has 8 heteroatoms. The van der Waals surface area contributed by atoms with Gasteiger partial charge < -0.3 is 14.7 Å². The fourth-order valence-electron chi connectivity index (χ4n) is 2.70. The normalized spacial score (nSPS) is 15.0. The average molecular weight is 335 g/mol. The lowest BCUT2D eigenvalue weighted by Crippen LogP contribution is -2.37. The summed E-state index contributed by atoms with van der Waals surface area (Å²) in [4.78, 5) is 28.9. The smallest absolute Gasteiger partial charge is 0.339 e. The molecule has 0 radical (unpaired) electrons. The van der Waals surface area contributed by atoms with Crippen molar-refractivity contribution in [1.82, 2.24) is 4.98 Å². The number of ether oxygens (including phenoxy) is 1. The fraction of sp³-hybridized carbons (Fsp3) is 0.500. The molecule has 1 aliphatic heterocycles. The molecule has 24 heavy (non-hydrogen) atoms. The Kier molecular flexibility index (Phi) is 5.68. The Morgan fingerprint density at radius 2 is 2.17 bits per heavy atom. The van der Waals surface area contributed by atoms with E-state index in [-0.39, 0.29) is 29.2 Å². The van der Waals surface area contributed by atoms with Crippen LogP contribution >= 0.6 is 0 Å². The quantitative estimate of drug-likeness (QED) is 0.820. The molecule has 1 saturated heterocycles. The van der Waals surface area contributed by atoms with Gasteiger partial charge in [0.05, 0.1) is 23.8 Å². The number of aromatic nitrogens is 1. The number of rotatable bonds is 5. The number of nitrogens with zero attached hydrogens (tertiary/aromatic N) is 3. The van der Waals surface area contributed by atoms with Crippen molar-refractivity contribution in [3.8, 4) is 6.07 Å². The summed E-state index contributed by atoms with van der Waals surface area (Å²) in [5, 5.41) is 18.5. The monoisotopic (exact) mass is 335 g/mol. The highest BCUT2D eigenvalue weighted by molar-refractivity contribution is 5.94. The van der Waals surface area contributed by atoms with E-state index >= 15 is 0 Å². The van der Waals surface area contributed by atoms with E-state index in [1.165, 1.54) is 6.07 Å². The zero-order chi connectivity index (χ0) is 17.7. The number of carbonyl (C=O) groups is 2. The molecule has 1 N–H and O–H groups in total. The molecule has 128 valence electrons. The first-order valence-electron chi connectivity index (χ1n) is 7.66. The van der Waals surface area contributed by atoms with Crippen LogP contribution in [0.25, 0.3) is 0 Å². The molecule has 0 aliphatic carbocycles. The molecule has 0 amide bonds. The predicted molar refractivity (Wildman–Crippen MR) is 82.3 cm³/mol. The van der Waals surface area contributed by atoms with E-state index in [9.17, 15) is 19.2 Å². The number of anilines is 1. The number of alkyl halides is 1. The van der Waals surface area contributed by atoms with Gasteiger partial charge in [-0.3, -0.25) is 4.79 Å². The van der Waals surface area contributed by atoms with Crippen molar-refractivity contribution in [2.24, 2.45) is 5.92 Å². The van der Waals surface area contributed by atoms with E-state index in [0.717, 1.165) is 0 Å². The number of halogens is 1. The number of esters is 1. The van der Waals surface area contributed by atoms with Crippen LogP contribution in [-0.4, -0.2) is 41.7 Å². The zero-order valence-electron chi connectivity index (χ0n) is 13.3. The Morgan fingerprint density at radius 3 is 2.67 bits per heavy atom. The van der Waals surface area contributed by atoms with Gasteiger partial charge in [-0.1, -0.05) is 0 Å². The predicted octanol–water partition coefficient (Wildman–Crippen LogP) is 1.90. The van der Waals surface area contributed by atoms with Crippen LogP contribution in [0.2, 0.25) is 0 Å². The lowest BCUT2D eigenvalue weighted by molar-refractivity contribution is -0.142. The van der Waals surface area contributed by atoms with Crippen molar-refractivity contribution in [2.45, 2.75) is 26.4 Å². The van der Waals surface area contributed by atoms with Crippen molar-refractivity contribution < 1.29 is 23.8 Å². The fourth-order valence-corrected chi connectivity index (χ4v) is 2.70. The molecule has 1 aromatic heterocycles. The number of carboxylic acids is 1. The van der Waals surface area contributed by atoms with Crippen LogP contribution in [0.5, 0.6) is 0 Å². The lowest BCUT2D eigenvalue weighted by atomic mass is 9.96. The number of aliphatic carboxylic acids is 1. The molecule has 0 spiro atoms. The van der Waals surface area contributed by atoms with E-state index in [4.69, 9.17) is 9.84 Å². The van der Waals surface area contributed by atoms with Crippen molar-refractivity contribution in [1.29, 1.82) is 5.26 Å². The lowest BCUT2D eigenvalue weighted by Gasteiger charge is -2.32. The molecule has 2 heterocycles. The second-order valence-corrected chi connectivity index (χ2v) is 5.43. The number of carbonyl (C=O) groups excluding carboxylic acids is 1. The van der Waals surface area contributed by atoms with Crippen LogP contribution in [0.15, 0.2) is 6.07 Å². The zero-order valence-corrected chi connectivity index (χ0v) is 13.3. The van der Waals surface area contributed by atoms with Crippen LogP contribution in [0.4, 0.5) is 10.2 Å². The molecule has 1 aromatic rings. The van der Waals surface area contributed by atoms with Gasteiger partial charge in [-0.25, -0.2) is 14.2 Å². The van der Waals surface area contributed by atoms with Crippen LogP contribution in [0.1, 0.15) is 41.4 Å². The summed E-state index contributed by atoms with van der Waals surface area (Å²) in [6.07, 6.45) is 0.799. The maximum Gasteiger partial charge on any atom is 0.339 e. The second kappa shape index (κ2) is 7.73. The summed E-state index contributed by atoms with van der Waals surface area (Å²) in [6.45, 7) is 1.64. The molecular weight excluding hydrogens is 317 g/mol. The van der Waals surface area contributed by atoms with Crippen molar-refractivity contribution >= 4 is 17.8 Å². The SMILES string of the molecule is CCOC(=O)c1cc(CF)nc(N2CCC(C(=O)O)CC2)c1C#N. The topological polar surface area (TPSA) is 104 Å². The van der Waals surface area contributed by atoms with Crippen LogP contribution in [0.3, 0.4) is 0 Å². The molecule has 0 saturated carbocycles. The summed E-state index contributed by atoms with van der Waals surface area (Å²) < 4.78 is 18.0. The van der Waals surface area contributed by atoms with Gasteiger partial charge in [-0.15, -0.1) is 0 Å². The molecule has 1 aliphatic rings. The third-order valence-electron chi connectivity index (χ3n) is 3.94. The van der Waals surface area contributed by atoms with Gasteiger partial charge in [0.1, 0.15) is 24.1 Å². The van der Waals surface area contributed by atoms with Gasteiger partial charge in [0.15, 0.2) is 0 Å². The Hall–Kier alpha value is -2.69. The summed E-state index contributed by atoms with van der Waals surface area (Å²) >= 11 is 0. The maximum absolute atomic E-state index is 13.1. The van der Waals surface area contributed by atoms with Gasteiger partial charge in [-0.05, 0) is 25.8 Å². The average Bonchev–Trinajstić information content (AvgIpc) is 2.60. The summed E-state index contributed by atoms with van der Waals surface area (Å²) in [6, 6.07) is 3.17. The summed E-state index contributed by atoms with van der Waals surface area (Å²) in [7, 11) is 0. The molecule has 0 aromatic carbocycles. The largest absolute Gasteiger partial charge is 0.481 e. The maximum atomic E-state index is 13.1. The van der Waals surface area contributed by atoms with E-state index in [1.54, 1.807) is 11.8 Å². The van der Waals surface area contributed by atoms with Crippen molar-refractivity contribution in [3.63, 3.8) is 0 Å². The number of pyridine rings is 1. The number of nitriles is 1. The Morgan fingerprint density at radius 1 is 1.50 bits per heavy atom. The third kappa shape index (κ3) is 3.62. The minimum Gasteiger partial charge on any atom is -0.481 e. The summed E-state index contributed by atoms with van der Waals surface area (Å²) in [5.41, 5.74) is 0.0456. The highest BCUT2D eigenvalue weighted by Gasteiger charge is 2.28. The third-order valence-corrected chi connectivity index (χ3v) is 3.94. The molecule has 2 rings (SSSR count). The molecule has 0 bridgehead atoms. The first kappa shape index (κ1) is 17.7. The number of carboxylic acid groups (broad SMARTS) is 1. The van der Waals surface area contributed by atoms with E-state index in [1.807, 2.05) is 6.07 Å². The highest BCUT2D eigenvalue weighted by Crippen LogP contribution is 2.28. The van der Waals surface area contributed by atoms with E-state index in [0.29, 0.717) is 25.9 Å². The number of hydrogen-bond donors (Lipinski definition) is 1. The second-order valence-electron chi connectivity index (χ2n) is 5.43. The van der Waals surface area contributed by atoms with Gasteiger partial charge in [-0.2, -0.15) is 5.26 Å². The van der Waals surface area contributed by atoms with Gasteiger partial charge in [0.25, 0.3) is 0 Å². The first-order chi connectivity index (χ1) is 11.5.